The molecule has 1 aromatic heterocycles. The number of nitrogens with zero attached hydrogens (tertiary/aromatic N) is 3. The minimum atomic E-state index is -3.68. The number of aliphatic hydroxyl groups excluding tert-OH is 2. The molecule has 0 amide bonds. The third kappa shape index (κ3) is 4.73. The van der Waals surface area contributed by atoms with E-state index in [1.807, 2.05) is 6.07 Å². The number of nitrogens with one attached hydrogen (secondary N) is 1. The molecule has 7 nitrogen and oxygen atoms in total. The lowest BCUT2D eigenvalue weighted by atomic mass is 9.99. The van der Waals surface area contributed by atoms with Crippen molar-refractivity contribution in [2.24, 2.45) is 0 Å². The molecule has 5 rings (SSSR count). The van der Waals surface area contributed by atoms with Gasteiger partial charge in [-0.2, -0.15) is 8.78 Å². The second kappa shape index (κ2) is 10.1. The van der Waals surface area contributed by atoms with Crippen LogP contribution in [0.5, 0.6) is 0 Å². The van der Waals surface area contributed by atoms with Crippen molar-refractivity contribution in [3.63, 3.8) is 0 Å². The maximum Gasteiger partial charge on any atom is 0.298 e. The van der Waals surface area contributed by atoms with Gasteiger partial charge in [-0.15, -0.1) is 0 Å². The summed E-state index contributed by atoms with van der Waals surface area (Å²) in [6.07, 6.45) is 2.56. The summed E-state index contributed by atoms with van der Waals surface area (Å²) in [6, 6.07) is 5.15. The fourth-order valence-electron chi connectivity index (χ4n) is 5.44. The molecule has 198 valence electrons. The van der Waals surface area contributed by atoms with Gasteiger partial charge in [-0.05, 0) is 56.4 Å². The van der Waals surface area contributed by atoms with Gasteiger partial charge in [-0.1, -0.05) is 12.1 Å². The van der Waals surface area contributed by atoms with Gasteiger partial charge in [-0.25, -0.2) is 14.4 Å². The second-order valence-electron chi connectivity index (χ2n) is 9.78. The Kier molecular flexibility index (Phi) is 6.99. The van der Waals surface area contributed by atoms with E-state index in [9.17, 15) is 13.9 Å². The molecule has 0 bridgehead atoms. The number of alkyl halides is 2. The molecule has 2 aliphatic rings. The molecule has 0 saturated carbocycles. The molecule has 0 spiro atoms. The van der Waals surface area contributed by atoms with Crippen LogP contribution in [0.15, 0.2) is 24.3 Å². The van der Waals surface area contributed by atoms with Crippen molar-refractivity contribution < 1.29 is 28.1 Å². The molecule has 2 aromatic carbocycles. The van der Waals surface area contributed by atoms with Crippen LogP contribution in [-0.4, -0.2) is 59.2 Å². The lowest BCUT2D eigenvalue weighted by Crippen LogP contribution is -2.44. The molecule has 3 aromatic rings. The zero-order valence-corrected chi connectivity index (χ0v) is 20.9. The van der Waals surface area contributed by atoms with Crippen LogP contribution < -0.4 is 10.2 Å². The van der Waals surface area contributed by atoms with Crippen molar-refractivity contribution in [1.82, 2.24) is 9.97 Å². The Morgan fingerprint density at radius 3 is 2.76 bits per heavy atom. The highest BCUT2D eigenvalue weighted by Crippen LogP contribution is 2.40. The topological polar surface area (TPSA) is 90.7 Å². The molecule has 1 aliphatic carbocycles. The zero-order chi connectivity index (χ0) is 26.3. The fourth-order valence-corrected chi connectivity index (χ4v) is 5.44. The minimum absolute atomic E-state index is 0.0513. The Morgan fingerprint density at radius 2 is 2.00 bits per heavy atom. The van der Waals surface area contributed by atoms with E-state index in [4.69, 9.17) is 14.8 Å². The first-order valence-corrected chi connectivity index (χ1v) is 12.6. The summed E-state index contributed by atoms with van der Waals surface area (Å²) < 4.78 is 49.0. The Labute approximate surface area is 213 Å². The van der Waals surface area contributed by atoms with Crippen LogP contribution in [0.2, 0.25) is 0 Å². The number of hydrogen-bond acceptors (Lipinski definition) is 7. The first-order chi connectivity index (χ1) is 17.7. The zero-order valence-electron chi connectivity index (χ0n) is 20.9. The van der Waals surface area contributed by atoms with E-state index in [0.29, 0.717) is 31.3 Å². The van der Waals surface area contributed by atoms with Gasteiger partial charge in [0.05, 0.1) is 36.4 Å². The number of halogens is 3. The van der Waals surface area contributed by atoms with Gasteiger partial charge in [0.2, 0.25) is 0 Å². The number of fused-ring (bicyclic) bond motifs is 3. The van der Waals surface area contributed by atoms with Gasteiger partial charge < -0.3 is 25.2 Å². The van der Waals surface area contributed by atoms with Crippen LogP contribution in [0.3, 0.4) is 0 Å². The largest absolute Gasteiger partial charge is 0.394 e. The predicted molar refractivity (Wildman–Crippen MR) is 135 cm³/mol. The number of rotatable bonds is 7. The molecular weight excluding hydrogens is 485 g/mol. The molecular formula is C27H31F3N4O3. The maximum absolute atomic E-state index is 15.2. The second-order valence-corrected chi connectivity index (χ2v) is 9.78. The third-order valence-corrected chi connectivity index (χ3v) is 7.28. The third-order valence-electron chi connectivity index (χ3n) is 7.28. The molecule has 37 heavy (non-hydrogen) atoms. The highest BCUT2D eigenvalue weighted by atomic mass is 19.3. The number of benzene rings is 2. The van der Waals surface area contributed by atoms with E-state index in [1.54, 1.807) is 13.8 Å². The van der Waals surface area contributed by atoms with E-state index >= 15 is 4.39 Å². The summed E-state index contributed by atoms with van der Waals surface area (Å²) in [5.74, 6) is -3.69. The Bertz CT molecular complexity index is 1320. The van der Waals surface area contributed by atoms with Crippen LogP contribution >= 0.6 is 0 Å². The average Bonchev–Trinajstić information content (AvgIpc) is 3.39. The molecule has 10 heteroatoms. The normalized spacial score (nSPS) is 18.8. The van der Waals surface area contributed by atoms with Gasteiger partial charge >= 0.3 is 0 Å². The number of ether oxygens (including phenoxy) is 1. The van der Waals surface area contributed by atoms with Crippen molar-refractivity contribution in [3.05, 3.63) is 58.2 Å². The van der Waals surface area contributed by atoms with Gasteiger partial charge in [0.1, 0.15) is 24.1 Å². The molecule has 0 radical (unpaired) electrons. The van der Waals surface area contributed by atoms with Gasteiger partial charge in [0.15, 0.2) is 0 Å². The Hall–Kier alpha value is -2.95. The first kappa shape index (κ1) is 25.7. The number of aromatic nitrogens is 2. The van der Waals surface area contributed by atoms with Gasteiger partial charge in [0, 0.05) is 29.7 Å². The van der Waals surface area contributed by atoms with E-state index in [-0.39, 0.29) is 18.3 Å². The Morgan fingerprint density at radius 1 is 1.22 bits per heavy atom. The lowest BCUT2D eigenvalue weighted by Gasteiger charge is -2.35. The monoisotopic (exact) mass is 516 g/mol. The number of hydrogen-bond donors (Lipinski definition) is 3. The van der Waals surface area contributed by atoms with Crippen LogP contribution in [0.1, 0.15) is 47.5 Å². The number of aryl methyl sites for hydroxylation is 2. The highest BCUT2D eigenvalue weighted by Gasteiger charge is 2.35. The van der Waals surface area contributed by atoms with E-state index < -0.39 is 30.0 Å². The summed E-state index contributed by atoms with van der Waals surface area (Å²) in [5, 5.41) is 22.7. The van der Waals surface area contributed by atoms with Crippen molar-refractivity contribution in [2.75, 3.05) is 43.1 Å². The summed E-state index contributed by atoms with van der Waals surface area (Å²) in [7, 11) is 0. The van der Waals surface area contributed by atoms with Crippen molar-refractivity contribution >= 4 is 22.4 Å². The fraction of sp³-hybridized carbons (Fsp3) is 0.481. The maximum atomic E-state index is 15.2. The lowest BCUT2D eigenvalue weighted by molar-refractivity contribution is -0.0583. The first-order valence-electron chi connectivity index (χ1n) is 12.6. The molecule has 2 heterocycles. The van der Waals surface area contributed by atoms with E-state index in [2.05, 4.69) is 15.2 Å². The van der Waals surface area contributed by atoms with E-state index in [1.165, 1.54) is 17.7 Å². The van der Waals surface area contributed by atoms with E-state index in [0.717, 1.165) is 47.5 Å². The highest BCUT2D eigenvalue weighted by molar-refractivity contribution is 5.96. The van der Waals surface area contributed by atoms with Crippen LogP contribution in [0.4, 0.5) is 24.7 Å². The summed E-state index contributed by atoms with van der Waals surface area (Å²) in [5.41, 5.74) is 3.52. The standard InChI is InChI=1S/C27H31F3N4O3/c1-15(18-5-4-8-22(24(18)28)27(29,30)14-36)31-26-21-11-23(34-9-10-37-17(12-34)13-35)19-6-3-7-20(19)25(21)32-16(2)33-26/h4-5,8,11,15,17,35-36H,3,6-7,9-10,12-14H2,1-2H3,(H,31,32,33)/t15?,17-/m1/s1. The smallest absolute Gasteiger partial charge is 0.298 e. The van der Waals surface area contributed by atoms with Gasteiger partial charge in [0.25, 0.3) is 5.92 Å². The van der Waals surface area contributed by atoms with Crippen molar-refractivity contribution in [2.45, 2.75) is 51.2 Å². The van der Waals surface area contributed by atoms with Crippen LogP contribution in [0.25, 0.3) is 10.9 Å². The predicted octanol–water partition coefficient (Wildman–Crippen LogP) is 4.02. The molecule has 1 fully saturated rings. The summed E-state index contributed by atoms with van der Waals surface area (Å²) in [4.78, 5) is 11.6. The van der Waals surface area contributed by atoms with Crippen LogP contribution in [0, 0.1) is 12.7 Å². The average molecular weight is 517 g/mol. The molecule has 1 saturated heterocycles. The summed E-state index contributed by atoms with van der Waals surface area (Å²) in [6.45, 7) is 3.72. The number of anilines is 2. The molecule has 2 atom stereocenters. The Balaban J connectivity index is 1.57. The van der Waals surface area contributed by atoms with Gasteiger partial charge in [-0.3, -0.25) is 0 Å². The SMILES string of the molecule is Cc1nc(NC(C)c2cccc(C(F)(F)CO)c2F)c2cc(N3CCO[C@@H](CO)C3)c3c(c2n1)CCC3. The van der Waals surface area contributed by atoms with Crippen molar-refractivity contribution in [3.8, 4) is 0 Å². The summed E-state index contributed by atoms with van der Waals surface area (Å²) >= 11 is 0. The van der Waals surface area contributed by atoms with Crippen molar-refractivity contribution in [1.29, 1.82) is 0 Å². The molecule has 3 N–H and O–H groups in total. The number of morpholine rings is 1. The van der Waals surface area contributed by atoms with Crippen LogP contribution in [-0.2, 0) is 23.5 Å². The minimum Gasteiger partial charge on any atom is -0.394 e. The molecule has 1 unspecified atom stereocenters. The quantitative estimate of drug-likeness (QED) is 0.437. The molecule has 1 aliphatic heterocycles. The number of aliphatic hydroxyl groups is 2.